The first kappa shape index (κ1) is 12.7. The lowest BCUT2D eigenvalue weighted by molar-refractivity contribution is -0.149. The monoisotopic (exact) mass is 208 g/mol. The van der Waals surface area contributed by atoms with Gasteiger partial charge in [-0.2, -0.15) is 0 Å². The molecule has 0 aromatic heterocycles. The van der Waals surface area contributed by atoms with E-state index >= 15 is 0 Å². The topological polar surface area (TPSA) is 46.5 Å². The van der Waals surface area contributed by atoms with Crippen molar-refractivity contribution in [3.63, 3.8) is 0 Å². The van der Waals surface area contributed by atoms with Crippen molar-refractivity contribution < 1.29 is 14.6 Å². The van der Waals surface area contributed by atoms with Crippen molar-refractivity contribution in [2.75, 3.05) is 6.61 Å². The van der Waals surface area contributed by atoms with Crippen molar-refractivity contribution in [2.45, 2.75) is 44.6 Å². The first-order chi connectivity index (χ1) is 5.83. The number of hydrogen-bond donors (Lipinski definition) is 1. The average molecular weight is 209 g/mol. The maximum atomic E-state index is 10.3. The van der Waals surface area contributed by atoms with Gasteiger partial charge in [0.2, 0.25) is 0 Å². The Hall–Kier alpha value is -0.280. The molecule has 1 unspecified atom stereocenters. The summed E-state index contributed by atoms with van der Waals surface area (Å²) in [6, 6.07) is 0. The van der Waals surface area contributed by atoms with E-state index in [4.69, 9.17) is 21.4 Å². The minimum absolute atomic E-state index is 0.226. The summed E-state index contributed by atoms with van der Waals surface area (Å²) < 4.78 is 5.04. The molecule has 0 saturated heterocycles. The minimum Gasteiger partial charge on any atom is -0.479 e. The maximum Gasteiger partial charge on any atom is 0.332 e. The lowest BCUT2D eigenvalue weighted by Gasteiger charge is -2.15. The number of rotatable bonds is 6. The van der Waals surface area contributed by atoms with Gasteiger partial charge in [0.05, 0.1) is 0 Å². The fraction of sp³-hybridized carbons (Fsp3) is 0.889. The van der Waals surface area contributed by atoms with Crippen LogP contribution < -0.4 is 0 Å². The molecule has 1 atom stereocenters. The summed E-state index contributed by atoms with van der Waals surface area (Å²) in [7, 11) is 0. The van der Waals surface area contributed by atoms with Crippen LogP contribution in [0.25, 0.3) is 0 Å². The Morgan fingerprint density at radius 1 is 1.62 bits per heavy atom. The molecule has 0 spiro atoms. The molecule has 0 amide bonds. The summed E-state index contributed by atoms with van der Waals surface area (Å²) in [5, 5.41) is 8.49. The Morgan fingerprint density at radius 3 is 2.54 bits per heavy atom. The Morgan fingerprint density at radius 2 is 2.15 bits per heavy atom. The molecule has 0 aromatic carbocycles. The molecule has 3 nitrogen and oxygen atoms in total. The number of aliphatic carboxylic acids is 1. The summed E-state index contributed by atoms with van der Waals surface area (Å²) in [5.41, 5.74) is 0. The quantitative estimate of drug-likeness (QED) is 0.538. The van der Waals surface area contributed by atoms with Crippen LogP contribution in [0.2, 0.25) is 0 Å². The van der Waals surface area contributed by atoms with Gasteiger partial charge in [0.1, 0.15) is 0 Å². The van der Waals surface area contributed by atoms with E-state index < -0.39 is 12.1 Å². The highest BCUT2D eigenvalue weighted by molar-refractivity contribution is 6.23. The zero-order chi connectivity index (χ0) is 10.5. The number of carbonyl (C=O) groups is 1. The summed E-state index contributed by atoms with van der Waals surface area (Å²) in [6.45, 7) is 5.82. The Labute approximate surface area is 84.0 Å². The third-order valence-corrected chi connectivity index (χ3v) is 1.82. The molecule has 78 valence electrons. The highest BCUT2D eigenvalue weighted by atomic mass is 35.5. The van der Waals surface area contributed by atoms with Crippen molar-refractivity contribution in [3.8, 4) is 0 Å². The molecule has 13 heavy (non-hydrogen) atoms. The smallest absolute Gasteiger partial charge is 0.332 e. The van der Waals surface area contributed by atoms with E-state index in [9.17, 15) is 4.79 Å². The van der Waals surface area contributed by atoms with E-state index in [2.05, 4.69) is 0 Å². The molecule has 0 aromatic rings. The van der Waals surface area contributed by atoms with Gasteiger partial charge in [0.25, 0.3) is 0 Å². The number of carboxylic acids is 1. The molecule has 1 N–H and O–H groups in total. The summed E-state index contributed by atoms with van der Waals surface area (Å²) >= 11 is 5.94. The highest BCUT2D eigenvalue weighted by Crippen LogP contribution is 2.19. The van der Waals surface area contributed by atoms with Crippen LogP contribution in [0, 0.1) is 0 Å². The largest absolute Gasteiger partial charge is 0.479 e. The number of hydrogen-bond acceptors (Lipinski definition) is 2. The SMILES string of the molecule is CC(OCCCC(C)(C)Cl)C(=O)O. The molecule has 0 radical (unpaired) electrons. The standard InChI is InChI=1S/C9H17ClO3/c1-7(8(11)12)13-6-4-5-9(2,3)10/h7H,4-6H2,1-3H3,(H,11,12). The molecule has 0 saturated carbocycles. The fourth-order valence-corrected chi connectivity index (χ4v) is 0.958. The second-order valence-electron chi connectivity index (χ2n) is 3.67. The Bertz CT molecular complexity index is 163. The third kappa shape index (κ3) is 8.06. The van der Waals surface area contributed by atoms with Gasteiger partial charge in [-0.05, 0) is 33.6 Å². The zero-order valence-electron chi connectivity index (χ0n) is 8.34. The van der Waals surface area contributed by atoms with Crippen molar-refractivity contribution in [2.24, 2.45) is 0 Å². The van der Waals surface area contributed by atoms with Crippen LogP contribution in [-0.2, 0) is 9.53 Å². The van der Waals surface area contributed by atoms with Crippen molar-refractivity contribution in [1.29, 1.82) is 0 Å². The molecule has 0 aliphatic rings. The van der Waals surface area contributed by atoms with E-state index in [0.717, 1.165) is 12.8 Å². The summed E-state index contributed by atoms with van der Waals surface area (Å²) in [6.07, 6.45) is 0.882. The normalized spacial score (nSPS) is 14.2. The number of alkyl halides is 1. The van der Waals surface area contributed by atoms with E-state index in [1.165, 1.54) is 6.92 Å². The van der Waals surface area contributed by atoms with Gasteiger partial charge in [-0.15, -0.1) is 11.6 Å². The van der Waals surface area contributed by atoms with Gasteiger partial charge in [-0.25, -0.2) is 4.79 Å². The molecule has 0 rings (SSSR count). The van der Waals surface area contributed by atoms with Crippen LogP contribution in [0.3, 0.4) is 0 Å². The van der Waals surface area contributed by atoms with E-state index in [-0.39, 0.29) is 4.87 Å². The van der Waals surface area contributed by atoms with Crippen LogP contribution in [0.1, 0.15) is 33.6 Å². The predicted octanol–water partition coefficient (Wildman–Crippen LogP) is 2.27. The number of carboxylic acid groups (broad SMARTS) is 1. The second-order valence-corrected chi connectivity index (χ2v) is 4.70. The predicted molar refractivity (Wildman–Crippen MR) is 52.2 cm³/mol. The van der Waals surface area contributed by atoms with Gasteiger partial charge in [-0.1, -0.05) is 0 Å². The summed E-state index contributed by atoms with van der Waals surface area (Å²) in [4.78, 5) is 10.1. The lowest BCUT2D eigenvalue weighted by atomic mass is 10.1. The van der Waals surface area contributed by atoms with E-state index in [1.54, 1.807) is 0 Å². The second kappa shape index (κ2) is 5.45. The molecule has 0 fully saturated rings. The number of halogens is 1. The van der Waals surface area contributed by atoms with Gasteiger partial charge in [0.15, 0.2) is 6.10 Å². The van der Waals surface area contributed by atoms with Crippen LogP contribution in [0.4, 0.5) is 0 Å². The van der Waals surface area contributed by atoms with Gasteiger partial charge in [0, 0.05) is 11.5 Å². The van der Waals surface area contributed by atoms with E-state index in [0.29, 0.717) is 6.61 Å². The number of ether oxygens (including phenoxy) is 1. The first-order valence-corrected chi connectivity index (χ1v) is 4.74. The van der Waals surface area contributed by atoms with Crippen LogP contribution in [-0.4, -0.2) is 28.7 Å². The molecule has 0 heterocycles. The van der Waals surface area contributed by atoms with Crippen LogP contribution >= 0.6 is 11.6 Å². The van der Waals surface area contributed by atoms with Gasteiger partial charge >= 0.3 is 5.97 Å². The summed E-state index contributed by atoms with van der Waals surface area (Å²) in [5.74, 6) is -0.926. The third-order valence-electron chi connectivity index (χ3n) is 1.63. The lowest BCUT2D eigenvalue weighted by Crippen LogP contribution is -2.21. The van der Waals surface area contributed by atoms with Gasteiger partial charge in [-0.3, -0.25) is 0 Å². The van der Waals surface area contributed by atoms with Gasteiger partial charge < -0.3 is 9.84 Å². The molecule has 0 bridgehead atoms. The van der Waals surface area contributed by atoms with Crippen molar-refractivity contribution >= 4 is 17.6 Å². The molecule has 0 aliphatic carbocycles. The zero-order valence-corrected chi connectivity index (χ0v) is 9.10. The Balaban J connectivity index is 3.41. The average Bonchev–Trinajstić information content (AvgIpc) is 1.95. The van der Waals surface area contributed by atoms with Crippen LogP contribution in [0.15, 0.2) is 0 Å². The maximum absolute atomic E-state index is 10.3. The Kier molecular flexibility index (Phi) is 5.33. The molecular formula is C9H17ClO3. The van der Waals surface area contributed by atoms with Crippen molar-refractivity contribution in [3.05, 3.63) is 0 Å². The first-order valence-electron chi connectivity index (χ1n) is 4.36. The molecule has 4 heteroatoms. The molecular weight excluding hydrogens is 192 g/mol. The van der Waals surface area contributed by atoms with E-state index in [1.807, 2.05) is 13.8 Å². The minimum atomic E-state index is -0.926. The fourth-order valence-electron chi connectivity index (χ4n) is 0.824. The van der Waals surface area contributed by atoms with Crippen LogP contribution in [0.5, 0.6) is 0 Å². The highest BCUT2D eigenvalue weighted by Gasteiger charge is 2.14. The molecule has 0 aliphatic heterocycles. The van der Waals surface area contributed by atoms with Crippen molar-refractivity contribution in [1.82, 2.24) is 0 Å².